The number of benzene rings is 2. The van der Waals surface area contributed by atoms with Crippen LogP contribution in [0.15, 0.2) is 55.0 Å². The van der Waals surface area contributed by atoms with Crippen molar-refractivity contribution in [2.75, 3.05) is 6.54 Å². The summed E-state index contributed by atoms with van der Waals surface area (Å²) < 4.78 is 0. The van der Waals surface area contributed by atoms with Crippen LogP contribution in [0.1, 0.15) is 46.2 Å². The number of rotatable bonds is 4. The third-order valence-electron chi connectivity index (χ3n) is 6.00. The van der Waals surface area contributed by atoms with Gasteiger partial charge in [0.15, 0.2) is 0 Å². The minimum atomic E-state index is -0.116. The van der Waals surface area contributed by atoms with Gasteiger partial charge in [-0.05, 0) is 50.5 Å². The zero-order valence-corrected chi connectivity index (χ0v) is 18.7. The van der Waals surface area contributed by atoms with E-state index in [1.807, 2.05) is 61.3 Å². The fraction of sp³-hybridized carbons (Fsp3) is 0.250. The van der Waals surface area contributed by atoms with Gasteiger partial charge in [0.1, 0.15) is 5.82 Å². The van der Waals surface area contributed by atoms with Gasteiger partial charge in [-0.25, -0.2) is 4.98 Å². The Morgan fingerprint density at radius 2 is 1.97 bits per heavy atom. The van der Waals surface area contributed by atoms with Crippen molar-refractivity contribution >= 4 is 17.5 Å². The van der Waals surface area contributed by atoms with Gasteiger partial charge >= 0.3 is 0 Å². The molecule has 5 rings (SSSR count). The Balaban J connectivity index is 1.48. The Hall–Kier alpha value is -3.45. The van der Waals surface area contributed by atoms with E-state index in [-0.39, 0.29) is 11.9 Å². The number of hydrogen-bond donors (Lipinski definition) is 1. The summed E-state index contributed by atoms with van der Waals surface area (Å²) in [6.45, 7) is 4.65. The highest BCUT2D eigenvalue weighted by atomic mass is 35.5. The maximum atomic E-state index is 13.7. The molecule has 2 aromatic carbocycles. The number of nitrogens with one attached hydrogen (secondary N) is 1. The van der Waals surface area contributed by atoms with E-state index in [9.17, 15) is 4.79 Å². The first-order valence-corrected chi connectivity index (χ1v) is 11.0. The van der Waals surface area contributed by atoms with E-state index in [1.54, 1.807) is 12.4 Å². The SMILES string of the molecule is Cc1ccc(-n2nccn2)c(C(=O)N2CCCC2c2ncc(-c3cccc(Cl)c3C)[nH]2)c1. The van der Waals surface area contributed by atoms with Crippen LogP contribution >= 0.6 is 11.6 Å². The number of amides is 1. The highest BCUT2D eigenvalue weighted by Crippen LogP contribution is 2.34. The minimum absolute atomic E-state index is 0.0413. The lowest BCUT2D eigenvalue weighted by Gasteiger charge is -2.24. The number of nitrogens with zero attached hydrogens (tertiary/aromatic N) is 5. The van der Waals surface area contributed by atoms with Crippen LogP contribution in [0.3, 0.4) is 0 Å². The average molecular weight is 447 g/mol. The topological polar surface area (TPSA) is 79.7 Å². The predicted molar refractivity (Wildman–Crippen MR) is 123 cm³/mol. The Bertz CT molecular complexity index is 1280. The number of hydrogen-bond acceptors (Lipinski definition) is 4. The van der Waals surface area contributed by atoms with Gasteiger partial charge in [0.2, 0.25) is 0 Å². The molecule has 1 fully saturated rings. The van der Waals surface area contributed by atoms with Gasteiger partial charge in [0.25, 0.3) is 5.91 Å². The number of aromatic amines is 1. The highest BCUT2D eigenvalue weighted by Gasteiger charge is 2.34. The van der Waals surface area contributed by atoms with Gasteiger partial charge in [-0.2, -0.15) is 15.0 Å². The number of aryl methyl sites for hydroxylation is 1. The third-order valence-corrected chi connectivity index (χ3v) is 6.41. The fourth-order valence-corrected chi connectivity index (χ4v) is 4.50. The Morgan fingerprint density at radius 3 is 2.78 bits per heavy atom. The second kappa shape index (κ2) is 8.24. The lowest BCUT2D eigenvalue weighted by atomic mass is 10.1. The van der Waals surface area contributed by atoms with Crippen molar-refractivity contribution < 1.29 is 4.79 Å². The zero-order chi connectivity index (χ0) is 22.2. The van der Waals surface area contributed by atoms with Crippen molar-refractivity contribution in [2.24, 2.45) is 0 Å². The summed E-state index contributed by atoms with van der Waals surface area (Å²) in [6.07, 6.45) is 6.81. The quantitative estimate of drug-likeness (QED) is 0.483. The Labute approximate surface area is 191 Å². The van der Waals surface area contributed by atoms with E-state index in [1.165, 1.54) is 4.80 Å². The van der Waals surface area contributed by atoms with Crippen LogP contribution in [0.5, 0.6) is 0 Å². The van der Waals surface area contributed by atoms with Gasteiger partial charge in [0, 0.05) is 17.1 Å². The minimum Gasteiger partial charge on any atom is -0.340 e. The van der Waals surface area contributed by atoms with Crippen molar-refractivity contribution in [2.45, 2.75) is 32.7 Å². The summed E-state index contributed by atoms with van der Waals surface area (Å²) in [5.41, 5.74) is 5.18. The number of aromatic nitrogens is 5. The van der Waals surface area contributed by atoms with E-state index < -0.39 is 0 Å². The summed E-state index contributed by atoms with van der Waals surface area (Å²) in [7, 11) is 0. The first-order chi connectivity index (χ1) is 15.5. The number of H-pyrrole nitrogens is 1. The molecule has 8 heteroatoms. The third kappa shape index (κ3) is 3.58. The van der Waals surface area contributed by atoms with Crippen molar-refractivity contribution in [3.05, 3.63) is 82.5 Å². The molecule has 32 heavy (non-hydrogen) atoms. The number of halogens is 1. The van der Waals surface area contributed by atoms with E-state index in [2.05, 4.69) is 20.2 Å². The molecule has 0 spiro atoms. The van der Waals surface area contributed by atoms with Crippen LogP contribution < -0.4 is 0 Å². The smallest absolute Gasteiger partial charge is 0.256 e. The lowest BCUT2D eigenvalue weighted by Crippen LogP contribution is -2.32. The number of likely N-dealkylation sites (tertiary alicyclic amines) is 1. The van der Waals surface area contributed by atoms with Gasteiger partial charge in [-0.1, -0.05) is 35.4 Å². The molecule has 0 radical (unpaired) electrons. The van der Waals surface area contributed by atoms with Crippen molar-refractivity contribution in [3.8, 4) is 16.9 Å². The molecule has 0 saturated carbocycles. The van der Waals surface area contributed by atoms with Gasteiger partial charge in [-0.3, -0.25) is 4.79 Å². The molecule has 4 aromatic rings. The maximum Gasteiger partial charge on any atom is 0.256 e. The van der Waals surface area contributed by atoms with Crippen molar-refractivity contribution in [1.29, 1.82) is 0 Å². The molecule has 1 amide bonds. The van der Waals surface area contributed by atoms with Crippen LogP contribution in [-0.2, 0) is 0 Å². The molecule has 1 atom stereocenters. The molecular formula is C24H23ClN6O. The van der Waals surface area contributed by atoms with Gasteiger partial charge < -0.3 is 9.88 Å². The fourth-order valence-electron chi connectivity index (χ4n) is 4.33. The molecule has 1 N–H and O–H groups in total. The van der Waals surface area contributed by atoms with Crippen LogP contribution in [0.4, 0.5) is 0 Å². The van der Waals surface area contributed by atoms with Crippen LogP contribution in [0.2, 0.25) is 5.02 Å². The van der Waals surface area contributed by atoms with Gasteiger partial charge in [-0.15, -0.1) is 0 Å². The van der Waals surface area contributed by atoms with E-state index in [4.69, 9.17) is 11.6 Å². The van der Waals surface area contributed by atoms with Crippen LogP contribution in [0.25, 0.3) is 16.9 Å². The number of carbonyl (C=O) groups excluding carboxylic acids is 1. The van der Waals surface area contributed by atoms with E-state index >= 15 is 0 Å². The Morgan fingerprint density at radius 1 is 1.16 bits per heavy atom. The highest BCUT2D eigenvalue weighted by molar-refractivity contribution is 6.31. The molecule has 1 saturated heterocycles. The standard InChI is InChI=1S/C24H23ClN6O/c1-15-8-9-21(31-27-10-11-28-31)18(13-15)24(32)30-12-4-7-22(30)23-26-14-20(29-23)17-5-3-6-19(25)16(17)2/h3,5-6,8-11,13-14,22H,4,7,12H2,1-2H3,(H,26,29). The summed E-state index contributed by atoms with van der Waals surface area (Å²) in [5, 5.41) is 9.16. The van der Waals surface area contributed by atoms with Crippen molar-refractivity contribution in [1.82, 2.24) is 29.9 Å². The van der Waals surface area contributed by atoms with Crippen molar-refractivity contribution in [3.63, 3.8) is 0 Å². The molecule has 3 heterocycles. The van der Waals surface area contributed by atoms with Crippen LogP contribution in [-0.4, -0.2) is 42.3 Å². The first kappa shape index (κ1) is 20.5. The summed E-state index contributed by atoms with van der Waals surface area (Å²) in [4.78, 5) is 25.1. The molecule has 162 valence electrons. The summed E-state index contributed by atoms with van der Waals surface area (Å²) in [6, 6.07) is 11.5. The molecule has 2 aromatic heterocycles. The molecule has 1 unspecified atom stereocenters. The zero-order valence-electron chi connectivity index (χ0n) is 17.9. The molecule has 0 bridgehead atoms. The second-order valence-corrected chi connectivity index (χ2v) is 8.50. The summed E-state index contributed by atoms with van der Waals surface area (Å²) in [5.74, 6) is 0.747. The largest absolute Gasteiger partial charge is 0.340 e. The average Bonchev–Trinajstić information content (AvgIpc) is 3.56. The lowest BCUT2D eigenvalue weighted by molar-refractivity contribution is 0.0730. The molecule has 1 aliphatic rings. The van der Waals surface area contributed by atoms with E-state index in [0.717, 1.165) is 46.1 Å². The van der Waals surface area contributed by atoms with Gasteiger partial charge in [0.05, 0.1) is 41.6 Å². The number of carbonyl (C=O) groups is 1. The molecule has 0 aliphatic carbocycles. The Kier molecular flexibility index (Phi) is 5.27. The first-order valence-electron chi connectivity index (χ1n) is 10.6. The molecular weight excluding hydrogens is 424 g/mol. The van der Waals surface area contributed by atoms with E-state index in [0.29, 0.717) is 17.8 Å². The maximum absolute atomic E-state index is 13.7. The monoisotopic (exact) mass is 446 g/mol. The second-order valence-electron chi connectivity index (χ2n) is 8.09. The molecule has 7 nitrogen and oxygen atoms in total. The summed E-state index contributed by atoms with van der Waals surface area (Å²) >= 11 is 6.30. The normalized spacial score (nSPS) is 16.0. The number of imidazole rings is 1. The van der Waals surface area contributed by atoms with Crippen LogP contribution in [0, 0.1) is 13.8 Å². The molecule has 1 aliphatic heterocycles. The predicted octanol–water partition coefficient (Wildman–Crippen LogP) is 4.90.